The van der Waals surface area contributed by atoms with Crippen molar-refractivity contribution in [3.8, 4) is 0 Å². The van der Waals surface area contributed by atoms with Crippen LogP contribution in [0.25, 0.3) is 0 Å². The second-order valence-electron chi connectivity index (χ2n) is 5.44. The van der Waals surface area contributed by atoms with E-state index in [1.54, 1.807) is 13.8 Å². The van der Waals surface area contributed by atoms with Gasteiger partial charge >= 0.3 is 6.18 Å². The molecule has 1 aliphatic rings. The summed E-state index contributed by atoms with van der Waals surface area (Å²) in [6, 6.07) is -1.87. The highest BCUT2D eigenvalue weighted by atomic mass is 35.5. The van der Waals surface area contributed by atoms with Crippen LogP contribution in [-0.2, 0) is 9.59 Å². The van der Waals surface area contributed by atoms with Crippen LogP contribution < -0.4 is 16.4 Å². The van der Waals surface area contributed by atoms with Gasteiger partial charge in [0.15, 0.2) is 0 Å². The van der Waals surface area contributed by atoms with Crippen molar-refractivity contribution < 1.29 is 22.8 Å². The average Bonchev–Trinajstić information content (AvgIpc) is 2.23. The zero-order chi connectivity index (χ0) is 14.8. The molecule has 20 heavy (non-hydrogen) atoms. The predicted molar refractivity (Wildman–Crippen MR) is 69.2 cm³/mol. The molecule has 0 spiro atoms. The van der Waals surface area contributed by atoms with E-state index in [2.05, 4.69) is 5.32 Å². The molecule has 0 saturated carbocycles. The molecule has 0 aromatic rings. The monoisotopic (exact) mass is 317 g/mol. The van der Waals surface area contributed by atoms with Crippen LogP contribution in [0.5, 0.6) is 0 Å². The summed E-state index contributed by atoms with van der Waals surface area (Å²) in [4.78, 5) is 23.2. The van der Waals surface area contributed by atoms with Crippen LogP contribution in [0.3, 0.4) is 0 Å². The molecular weight excluding hydrogens is 299 g/mol. The third-order valence-corrected chi connectivity index (χ3v) is 2.81. The fourth-order valence-electron chi connectivity index (χ4n) is 1.74. The lowest BCUT2D eigenvalue weighted by Gasteiger charge is -2.30. The molecule has 1 rings (SSSR count). The van der Waals surface area contributed by atoms with Gasteiger partial charge in [-0.3, -0.25) is 9.59 Å². The Labute approximate surface area is 121 Å². The first-order valence-corrected chi connectivity index (χ1v) is 5.94. The molecule has 5 nitrogen and oxygen atoms in total. The topological polar surface area (TPSA) is 84.2 Å². The van der Waals surface area contributed by atoms with Gasteiger partial charge in [0.2, 0.25) is 11.8 Å². The Bertz CT molecular complexity index is 361. The second-order valence-corrected chi connectivity index (χ2v) is 5.44. The number of carbonyl (C=O) groups excluding carboxylic acids is 2. The number of nitrogens with one attached hydrogen (secondary N) is 2. The highest BCUT2D eigenvalue weighted by Gasteiger charge is 2.45. The number of halogens is 4. The molecule has 2 atom stereocenters. The molecule has 1 saturated heterocycles. The number of amides is 2. The number of alkyl halides is 3. The molecule has 0 radical (unpaired) electrons. The molecule has 0 aromatic carbocycles. The Balaban J connectivity index is 0.00000361. The smallest absolute Gasteiger partial charge is 0.354 e. The number of piperidine rings is 1. The minimum Gasteiger partial charge on any atom is -0.354 e. The van der Waals surface area contributed by atoms with Crippen LogP contribution >= 0.6 is 12.4 Å². The maximum Gasteiger partial charge on any atom is 0.408 e. The second kappa shape index (κ2) is 6.62. The zero-order valence-electron chi connectivity index (χ0n) is 11.2. The molecule has 4 N–H and O–H groups in total. The Morgan fingerprint density at radius 1 is 1.40 bits per heavy atom. The van der Waals surface area contributed by atoms with Crippen molar-refractivity contribution in [1.29, 1.82) is 0 Å². The van der Waals surface area contributed by atoms with Crippen molar-refractivity contribution in [1.82, 2.24) is 10.6 Å². The van der Waals surface area contributed by atoms with Gasteiger partial charge in [-0.15, -0.1) is 12.4 Å². The number of hydrogen-bond donors (Lipinski definition) is 3. The van der Waals surface area contributed by atoms with Gasteiger partial charge in [0.1, 0.15) is 12.0 Å². The molecule has 9 heteroatoms. The number of nitrogens with two attached hydrogens (primary N) is 1. The summed E-state index contributed by atoms with van der Waals surface area (Å²) in [6.45, 7) is 3.53. The van der Waals surface area contributed by atoms with E-state index in [1.165, 1.54) is 0 Å². The Kier molecular flexibility index (Phi) is 6.28. The van der Waals surface area contributed by atoms with Gasteiger partial charge in [0.25, 0.3) is 0 Å². The number of rotatable bonds is 3. The van der Waals surface area contributed by atoms with Gasteiger partial charge in [0.05, 0.1) is 0 Å². The van der Waals surface area contributed by atoms with Gasteiger partial charge in [-0.2, -0.15) is 13.2 Å². The molecular formula is C11H19ClF3N3O2. The predicted octanol–water partition coefficient (Wildman–Crippen LogP) is 0.719. The van der Waals surface area contributed by atoms with Crippen molar-refractivity contribution in [2.75, 3.05) is 6.54 Å². The van der Waals surface area contributed by atoms with Gasteiger partial charge < -0.3 is 16.4 Å². The Morgan fingerprint density at radius 3 is 2.35 bits per heavy atom. The first kappa shape index (κ1) is 19.0. The van der Waals surface area contributed by atoms with Crippen LogP contribution in [0.2, 0.25) is 0 Å². The molecule has 0 aromatic heterocycles. The summed E-state index contributed by atoms with van der Waals surface area (Å²) >= 11 is 0. The lowest BCUT2D eigenvalue weighted by Crippen LogP contribution is -2.55. The van der Waals surface area contributed by atoms with Crippen molar-refractivity contribution in [2.45, 2.75) is 44.4 Å². The van der Waals surface area contributed by atoms with Crippen LogP contribution in [0.15, 0.2) is 0 Å². The molecule has 1 aliphatic heterocycles. The highest BCUT2D eigenvalue weighted by Crippen LogP contribution is 2.28. The highest BCUT2D eigenvalue weighted by molar-refractivity contribution is 6.00. The molecule has 2 amide bonds. The van der Waals surface area contributed by atoms with Crippen LogP contribution in [0, 0.1) is 5.92 Å². The van der Waals surface area contributed by atoms with Crippen molar-refractivity contribution in [3.63, 3.8) is 0 Å². The summed E-state index contributed by atoms with van der Waals surface area (Å²) in [7, 11) is 0. The lowest BCUT2D eigenvalue weighted by molar-refractivity contribution is -0.171. The van der Waals surface area contributed by atoms with E-state index in [1.807, 2.05) is 5.32 Å². The molecule has 2 unspecified atom stereocenters. The molecule has 118 valence electrons. The van der Waals surface area contributed by atoms with E-state index in [4.69, 9.17) is 5.73 Å². The van der Waals surface area contributed by atoms with Gasteiger partial charge in [-0.25, -0.2) is 0 Å². The average molecular weight is 318 g/mol. The van der Waals surface area contributed by atoms with E-state index in [9.17, 15) is 22.8 Å². The minimum atomic E-state index is -4.48. The summed E-state index contributed by atoms with van der Waals surface area (Å²) < 4.78 is 37.2. The van der Waals surface area contributed by atoms with Crippen molar-refractivity contribution in [3.05, 3.63) is 0 Å². The van der Waals surface area contributed by atoms with E-state index < -0.39 is 35.5 Å². The fourth-order valence-corrected chi connectivity index (χ4v) is 1.74. The van der Waals surface area contributed by atoms with Gasteiger partial charge in [-0.05, 0) is 26.7 Å². The van der Waals surface area contributed by atoms with Crippen LogP contribution in [0.1, 0.15) is 26.7 Å². The lowest BCUT2D eigenvalue weighted by atomic mass is 9.92. The normalized spacial score (nSPS) is 23.6. The third kappa shape index (κ3) is 5.54. The largest absolute Gasteiger partial charge is 0.408 e. The van der Waals surface area contributed by atoms with Crippen LogP contribution in [0.4, 0.5) is 13.2 Å². The SMILES string of the molecule is CC(C)(N)CNC(=O)C1CCC(C(F)(F)F)NC1=O.Cl. The van der Waals surface area contributed by atoms with Gasteiger partial charge in [0, 0.05) is 12.1 Å². The van der Waals surface area contributed by atoms with Gasteiger partial charge in [-0.1, -0.05) is 0 Å². The van der Waals surface area contributed by atoms with Crippen LogP contribution in [-0.4, -0.2) is 36.1 Å². The summed E-state index contributed by atoms with van der Waals surface area (Å²) in [6.07, 6.45) is -4.89. The number of carbonyl (C=O) groups is 2. The number of hydrogen-bond acceptors (Lipinski definition) is 3. The summed E-state index contributed by atoms with van der Waals surface area (Å²) in [5.74, 6) is -2.56. The van der Waals surface area contributed by atoms with E-state index in [0.717, 1.165) is 0 Å². The maximum absolute atomic E-state index is 12.4. The molecule has 0 aliphatic carbocycles. The van der Waals surface area contributed by atoms with Crippen molar-refractivity contribution in [2.24, 2.45) is 11.7 Å². The first-order valence-electron chi connectivity index (χ1n) is 5.94. The molecule has 1 fully saturated rings. The van der Waals surface area contributed by atoms with E-state index >= 15 is 0 Å². The fraction of sp³-hybridized carbons (Fsp3) is 0.818. The van der Waals surface area contributed by atoms with Crippen molar-refractivity contribution >= 4 is 24.2 Å². The zero-order valence-corrected chi connectivity index (χ0v) is 12.0. The summed E-state index contributed by atoms with van der Waals surface area (Å²) in [5, 5.41) is 4.30. The van der Waals surface area contributed by atoms with E-state index in [-0.39, 0.29) is 31.8 Å². The quantitative estimate of drug-likeness (QED) is 0.671. The third-order valence-electron chi connectivity index (χ3n) is 2.81. The first-order chi connectivity index (χ1) is 8.50. The standard InChI is InChI=1S/C11H18F3N3O2.ClH/c1-10(2,15)5-16-8(18)6-3-4-7(11(12,13)14)17-9(6)19;/h6-7H,3-5,15H2,1-2H3,(H,16,18)(H,17,19);1H. The van der Waals surface area contributed by atoms with E-state index in [0.29, 0.717) is 0 Å². The summed E-state index contributed by atoms with van der Waals surface area (Å²) in [5.41, 5.74) is 5.02. The maximum atomic E-state index is 12.4. The molecule has 1 heterocycles. The Hall–Kier alpha value is -1.02. The minimum absolute atomic E-state index is 0. The Morgan fingerprint density at radius 2 is 1.95 bits per heavy atom. The molecule has 0 bridgehead atoms.